The molecule has 88 valence electrons. The molecule has 0 heterocycles. The Morgan fingerprint density at radius 3 is 2.13 bits per heavy atom. The van der Waals surface area contributed by atoms with Crippen LogP contribution >= 0.6 is 0 Å². The van der Waals surface area contributed by atoms with Crippen LogP contribution in [-0.4, -0.2) is 33.9 Å². The smallest absolute Gasteiger partial charge is 0.328 e. The predicted octanol–water partition coefficient (Wildman–Crippen LogP) is 1.16. The Labute approximate surface area is 91.0 Å². The number of aliphatic hydroxyl groups is 1. The number of carboxylic acids is 1. The van der Waals surface area contributed by atoms with E-state index in [1.165, 1.54) is 0 Å². The van der Waals surface area contributed by atoms with Crippen LogP contribution in [0.3, 0.4) is 0 Å². The first-order valence-corrected chi connectivity index (χ1v) is 4.94. The number of aliphatic carboxylic acids is 1. The lowest BCUT2D eigenvalue weighted by Crippen LogP contribution is -2.56. The Morgan fingerprint density at radius 1 is 1.33 bits per heavy atom. The quantitative estimate of drug-likeness (QED) is 0.602. The molecule has 0 aromatic rings. The summed E-state index contributed by atoms with van der Waals surface area (Å²) in [7, 11) is 0. The van der Waals surface area contributed by atoms with Gasteiger partial charge in [0.2, 0.25) is 0 Å². The molecular weight excluding hydrogens is 194 g/mol. The first-order valence-electron chi connectivity index (χ1n) is 4.94. The first-order chi connectivity index (χ1) is 6.56. The Hall–Kier alpha value is -0.870. The first kappa shape index (κ1) is 14.1. The van der Waals surface area contributed by atoms with Crippen molar-refractivity contribution in [2.24, 2.45) is 0 Å². The molecule has 3 N–H and O–H groups in total. The third kappa shape index (κ3) is 4.95. The predicted molar refractivity (Wildman–Crippen MR) is 59.8 cm³/mol. The summed E-state index contributed by atoms with van der Waals surface area (Å²) >= 11 is 0. The largest absolute Gasteiger partial charge is 0.478 e. The summed E-state index contributed by atoms with van der Waals surface area (Å²) in [5, 5.41) is 21.5. The molecule has 15 heavy (non-hydrogen) atoms. The van der Waals surface area contributed by atoms with E-state index in [1.807, 2.05) is 13.8 Å². The zero-order chi connectivity index (χ0) is 12.3. The van der Waals surface area contributed by atoms with Crippen LogP contribution in [0.1, 0.15) is 34.6 Å². The Balaban J connectivity index is 4.34. The van der Waals surface area contributed by atoms with Crippen LogP contribution in [0.4, 0.5) is 0 Å². The van der Waals surface area contributed by atoms with Crippen LogP contribution in [0.25, 0.3) is 0 Å². The standard InChI is InChI=1S/C11H21NO3/c1-8(6-9(13)14)7-12-10(2,3)11(4,5)15/h6,12,15H,7H2,1-5H3,(H,13,14). The molecule has 0 saturated heterocycles. The lowest BCUT2D eigenvalue weighted by molar-refractivity contribution is -0.131. The fraction of sp³-hybridized carbons (Fsp3) is 0.727. The number of carbonyl (C=O) groups is 1. The summed E-state index contributed by atoms with van der Waals surface area (Å²) in [5.74, 6) is -0.949. The average Bonchev–Trinajstić information content (AvgIpc) is 1.97. The fourth-order valence-corrected chi connectivity index (χ4v) is 0.839. The summed E-state index contributed by atoms with van der Waals surface area (Å²) in [6, 6.07) is 0. The number of hydrogen-bond acceptors (Lipinski definition) is 3. The van der Waals surface area contributed by atoms with Gasteiger partial charge in [-0.3, -0.25) is 0 Å². The van der Waals surface area contributed by atoms with Crippen LogP contribution in [0.5, 0.6) is 0 Å². The van der Waals surface area contributed by atoms with E-state index in [9.17, 15) is 9.90 Å². The van der Waals surface area contributed by atoms with Crippen molar-refractivity contribution in [3.63, 3.8) is 0 Å². The molecule has 0 fully saturated rings. The van der Waals surface area contributed by atoms with Crippen LogP contribution < -0.4 is 5.32 Å². The lowest BCUT2D eigenvalue weighted by Gasteiger charge is -2.38. The molecule has 0 spiro atoms. The molecule has 0 rings (SSSR count). The van der Waals surface area contributed by atoms with Crippen molar-refractivity contribution < 1.29 is 15.0 Å². The van der Waals surface area contributed by atoms with Crippen molar-refractivity contribution >= 4 is 5.97 Å². The third-order valence-electron chi connectivity index (χ3n) is 2.71. The van der Waals surface area contributed by atoms with E-state index >= 15 is 0 Å². The minimum atomic E-state index is -0.949. The van der Waals surface area contributed by atoms with E-state index in [4.69, 9.17) is 5.11 Å². The van der Waals surface area contributed by atoms with Gasteiger partial charge < -0.3 is 15.5 Å². The van der Waals surface area contributed by atoms with Gasteiger partial charge in [0.25, 0.3) is 0 Å². The molecule has 0 aromatic carbocycles. The van der Waals surface area contributed by atoms with Crippen molar-refractivity contribution in [2.75, 3.05) is 6.54 Å². The minimum Gasteiger partial charge on any atom is -0.478 e. The van der Waals surface area contributed by atoms with E-state index in [0.29, 0.717) is 6.54 Å². The SMILES string of the molecule is CC(=CC(=O)O)CNC(C)(C)C(C)(C)O. The van der Waals surface area contributed by atoms with Gasteiger partial charge in [-0.1, -0.05) is 5.57 Å². The molecule has 4 nitrogen and oxygen atoms in total. The van der Waals surface area contributed by atoms with Gasteiger partial charge in [0, 0.05) is 18.2 Å². The van der Waals surface area contributed by atoms with E-state index in [1.54, 1.807) is 20.8 Å². The van der Waals surface area contributed by atoms with Gasteiger partial charge in [-0.2, -0.15) is 0 Å². The van der Waals surface area contributed by atoms with Gasteiger partial charge in [0.15, 0.2) is 0 Å². The molecule has 0 radical (unpaired) electrons. The van der Waals surface area contributed by atoms with Crippen molar-refractivity contribution in [3.8, 4) is 0 Å². The highest BCUT2D eigenvalue weighted by Crippen LogP contribution is 2.20. The molecule has 0 amide bonds. The van der Waals surface area contributed by atoms with Crippen LogP contribution in [0.2, 0.25) is 0 Å². The highest BCUT2D eigenvalue weighted by atomic mass is 16.4. The van der Waals surface area contributed by atoms with Gasteiger partial charge in [0.1, 0.15) is 0 Å². The number of hydrogen-bond donors (Lipinski definition) is 3. The number of rotatable bonds is 5. The lowest BCUT2D eigenvalue weighted by atomic mass is 9.86. The molecular formula is C11H21NO3. The minimum absolute atomic E-state index is 0.448. The third-order valence-corrected chi connectivity index (χ3v) is 2.71. The van der Waals surface area contributed by atoms with Gasteiger partial charge >= 0.3 is 5.97 Å². The summed E-state index contributed by atoms with van der Waals surface area (Å²) in [6.07, 6.45) is 1.16. The zero-order valence-electron chi connectivity index (χ0n) is 10.1. The maximum absolute atomic E-state index is 10.4. The normalized spacial score (nSPS) is 14.1. The molecule has 0 unspecified atom stereocenters. The van der Waals surface area contributed by atoms with Crippen LogP contribution in [0, 0.1) is 0 Å². The van der Waals surface area contributed by atoms with Gasteiger partial charge in [-0.05, 0) is 34.6 Å². The number of carboxylic acid groups (broad SMARTS) is 1. The maximum Gasteiger partial charge on any atom is 0.328 e. The molecule has 0 aliphatic carbocycles. The van der Waals surface area contributed by atoms with Crippen LogP contribution in [0.15, 0.2) is 11.6 Å². The monoisotopic (exact) mass is 215 g/mol. The molecule has 4 heteroatoms. The summed E-state index contributed by atoms with van der Waals surface area (Å²) in [5.41, 5.74) is -0.614. The highest BCUT2D eigenvalue weighted by molar-refractivity contribution is 5.80. The van der Waals surface area contributed by atoms with E-state index < -0.39 is 17.1 Å². The second kappa shape index (κ2) is 4.77. The molecule has 0 bridgehead atoms. The van der Waals surface area contributed by atoms with Crippen molar-refractivity contribution in [3.05, 3.63) is 11.6 Å². The van der Waals surface area contributed by atoms with Crippen LogP contribution in [-0.2, 0) is 4.79 Å². The van der Waals surface area contributed by atoms with Gasteiger partial charge in [0.05, 0.1) is 5.60 Å². The second-order valence-electron chi connectivity index (χ2n) is 4.87. The average molecular weight is 215 g/mol. The molecule has 0 aliphatic rings. The maximum atomic E-state index is 10.4. The van der Waals surface area contributed by atoms with E-state index in [0.717, 1.165) is 11.6 Å². The Kier molecular flexibility index (Phi) is 4.49. The Bertz CT molecular complexity index is 261. The highest BCUT2D eigenvalue weighted by Gasteiger charge is 2.34. The van der Waals surface area contributed by atoms with Gasteiger partial charge in [-0.15, -0.1) is 0 Å². The summed E-state index contributed by atoms with van der Waals surface area (Å²) in [4.78, 5) is 10.4. The molecule has 0 aliphatic heterocycles. The molecule has 0 saturated carbocycles. The van der Waals surface area contributed by atoms with Crippen molar-refractivity contribution in [1.82, 2.24) is 5.32 Å². The van der Waals surface area contributed by atoms with E-state index in [2.05, 4.69) is 5.32 Å². The molecule has 0 aromatic heterocycles. The second-order valence-corrected chi connectivity index (χ2v) is 4.87. The zero-order valence-corrected chi connectivity index (χ0v) is 10.1. The van der Waals surface area contributed by atoms with E-state index in [-0.39, 0.29) is 0 Å². The van der Waals surface area contributed by atoms with Crippen molar-refractivity contribution in [1.29, 1.82) is 0 Å². The van der Waals surface area contributed by atoms with Gasteiger partial charge in [-0.25, -0.2) is 4.79 Å². The summed E-state index contributed by atoms with van der Waals surface area (Å²) in [6.45, 7) is 9.37. The summed E-state index contributed by atoms with van der Waals surface area (Å²) < 4.78 is 0. The number of nitrogens with one attached hydrogen (secondary N) is 1. The molecule has 0 atom stereocenters. The topological polar surface area (TPSA) is 69.6 Å². The fourth-order valence-electron chi connectivity index (χ4n) is 0.839. The Morgan fingerprint density at radius 2 is 1.80 bits per heavy atom. The van der Waals surface area contributed by atoms with Crippen molar-refractivity contribution in [2.45, 2.75) is 45.8 Å².